The number of rotatable bonds is 3. The molecule has 0 atom stereocenters. The van der Waals surface area contributed by atoms with Crippen LogP contribution >= 0.6 is 11.8 Å². The zero-order valence-electron chi connectivity index (χ0n) is 7.08. The van der Waals surface area contributed by atoms with Crippen LogP contribution in [-0.4, -0.2) is 10.7 Å². The Morgan fingerprint density at radius 1 is 1.67 bits per heavy atom. The number of nitrogen functional groups attached to an aromatic ring is 1. The van der Waals surface area contributed by atoms with Crippen molar-refractivity contribution in [2.45, 2.75) is 11.9 Å². The summed E-state index contributed by atoms with van der Waals surface area (Å²) in [7, 11) is 0. The lowest BCUT2D eigenvalue weighted by Crippen LogP contribution is -1.93. The summed E-state index contributed by atoms with van der Waals surface area (Å²) in [6.45, 7) is 5.55. The first-order chi connectivity index (χ1) is 5.74. The van der Waals surface area contributed by atoms with Crippen molar-refractivity contribution < 1.29 is 0 Å². The Morgan fingerprint density at radius 3 is 3.00 bits per heavy atom. The molecule has 2 N–H and O–H groups in total. The number of aromatic nitrogens is 1. The van der Waals surface area contributed by atoms with Crippen LogP contribution in [0.2, 0.25) is 0 Å². The van der Waals surface area contributed by atoms with Crippen molar-refractivity contribution >= 4 is 17.4 Å². The second-order valence-electron chi connectivity index (χ2n) is 2.42. The van der Waals surface area contributed by atoms with Crippen LogP contribution in [-0.2, 0) is 0 Å². The Balaban J connectivity index is 2.75. The van der Waals surface area contributed by atoms with Gasteiger partial charge in [0.1, 0.15) is 0 Å². The molecule has 2 nitrogen and oxygen atoms in total. The molecule has 0 fully saturated rings. The maximum absolute atomic E-state index is 5.63. The first kappa shape index (κ1) is 9.13. The van der Waals surface area contributed by atoms with E-state index in [1.807, 2.05) is 25.1 Å². The Morgan fingerprint density at radius 2 is 2.42 bits per heavy atom. The van der Waals surface area contributed by atoms with E-state index >= 15 is 0 Å². The molecule has 0 amide bonds. The highest BCUT2D eigenvalue weighted by Crippen LogP contribution is 2.18. The van der Waals surface area contributed by atoms with E-state index in [0.29, 0.717) is 0 Å². The largest absolute Gasteiger partial charge is 0.397 e. The molecule has 1 heterocycles. The van der Waals surface area contributed by atoms with E-state index in [2.05, 4.69) is 11.6 Å². The predicted octanol–water partition coefficient (Wildman–Crippen LogP) is 2.25. The smallest absolute Gasteiger partial charge is 0.0967 e. The van der Waals surface area contributed by atoms with Crippen molar-refractivity contribution in [2.75, 3.05) is 11.5 Å². The summed E-state index contributed by atoms with van der Waals surface area (Å²) in [5, 5.41) is 1.00. The van der Waals surface area contributed by atoms with Gasteiger partial charge in [0, 0.05) is 5.75 Å². The van der Waals surface area contributed by atoms with Crippen LogP contribution < -0.4 is 5.73 Å². The van der Waals surface area contributed by atoms with Gasteiger partial charge in [0.05, 0.1) is 16.4 Å². The van der Waals surface area contributed by atoms with Gasteiger partial charge < -0.3 is 5.73 Å². The summed E-state index contributed by atoms with van der Waals surface area (Å²) < 4.78 is 0. The summed E-state index contributed by atoms with van der Waals surface area (Å²) in [5.74, 6) is 0.885. The van der Waals surface area contributed by atoms with Crippen molar-refractivity contribution in [3.8, 4) is 0 Å². The highest BCUT2D eigenvalue weighted by molar-refractivity contribution is 7.99. The molecular formula is C9H12N2S. The summed E-state index contributed by atoms with van der Waals surface area (Å²) >= 11 is 1.66. The van der Waals surface area contributed by atoms with Gasteiger partial charge in [-0.05, 0) is 19.1 Å². The molecule has 0 aliphatic rings. The number of hydrogen-bond donors (Lipinski definition) is 1. The number of anilines is 1. The quantitative estimate of drug-likeness (QED) is 0.572. The summed E-state index contributed by atoms with van der Waals surface area (Å²) in [6.07, 6.45) is 1.86. The molecule has 0 aliphatic carbocycles. The number of thioether (sulfide) groups is 1. The summed E-state index contributed by atoms with van der Waals surface area (Å²) in [4.78, 5) is 4.30. The van der Waals surface area contributed by atoms with Gasteiger partial charge in [-0.2, -0.15) is 0 Å². The van der Waals surface area contributed by atoms with E-state index in [4.69, 9.17) is 5.73 Å². The fourth-order valence-corrected chi connectivity index (χ4v) is 1.43. The van der Waals surface area contributed by atoms with Crippen molar-refractivity contribution in [3.05, 3.63) is 30.5 Å². The zero-order chi connectivity index (χ0) is 8.97. The van der Waals surface area contributed by atoms with Gasteiger partial charge in [-0.15, -0.1) is 18.3 Å². The van der Waals surface area contributed by atoms with Crippen LogP contribution in [0.15, 0.2) is 29.8 Å². The lowest BCUT2D eigenvalue weighted by atomic mass is 10.3. The Kier molecular flexibility index (Phi) is 3.17. The molecule has 0 unspecified atom stereocenters. The molecule has 0 spiro atoms. The van der Waals surface area contributed by atoms with Crippen molar-refractivity contribution in [3.63, 3.8) is 0 Å². The molecule has 0 radical (unpaired) electrons. The van der Waals surface area contributed by atoms with E-state index in [-0.39, 0.29) is 0 Å². The first-order valence-corrected chi connectivity index (χ1v) is 4.69. The SMILES string of the molecule is C=CCSc1ccc(N)c(C)n1. The Hall–Kier alpha value is -0.960. The Labute approximate surface area is 76.9 Å². The van der Waals surface area contributed by atoms with Crippen LogP contribution in [0.1, 0.15) is 5.69 Å². The fraction of sp³-hybridized carbons (Fsp3) is 0.222. The molecule has 1 rings (SSSR count). The van der Waals surface area contributed by atoms with E-state index in [1.165, 1.54) is 0 Å². The van der Waals surface area contributed by atoms with Crippen LogP contribution in [0.3, 0.4) is 0 Å². The van der Waals surface area contributed by atoms with E-state index < -0.39 is 0 Å². The lowest BCUT2D eigenvalue weighted by Gasteiger charge is -2.01. The number of nitrogens with zero attached hydrogens (tertiary/aromatic N) is 1. The van der Waals surface area contributed by atoms with Crippen LogP contribution in [0, 0.1) is 6.92 Å². The van der Waals surface area contributed by atoms with Crippen molar-refractivity contribution in [1.29, 1.82) is 0 Å². The third kappa shape index (κ3) is 2.27. The van der Waals surface area contributed by atoms with Gasteiger partial charge in [0.2, 0.25) is 0 Å². The topological polar surface area (TPSA) is 38.9 Å². The molecule has 1 aromatic heterocycles. The van der Waals surface area contributed by atoms with E-state index in [1.54, 1.807) is 11.8 Å². The Bertz CT molecular complexity index is 284. The molecule has 3 heteroatoms. The minimum Gasteiger partial charge on any atom is -0.397 e. The van der Waals surface area contributed by atoms with Crippen LogP contribution in [0.4, 0.5) is 5.69 Å². The average Bonchev–Trinajstić information content (AvgIpc) is 2.07. The molecule has 0 saturated carbocycles. The van der Waals surface area contributed by atoms with Crippen molar-refractivity contribution in [1.82, 2.24) is 4.98 Å². The number of hydrogen-bond acceptors (Lipinski definition) is 3. The maximum atomic E-state index is 5.63. The molecular weight excluding hydrogens is 168 g/mol. The lowest BCUT2D eigenvalue weighted by molar-refractivity contribution is 1.07. The maximum Gasteiger partial charge on any atom is 0.0967 e. The first-order valence-electron chi connectivity index (χ1n) is 3.71. The van der Waals surface area contributed by atoms with Gasteiger partial charge in [-0.3, -0.25) is 0 Å². The summed E-state index contributed by atoms with van der Waals surface area (Å²) in [5.41, 5.74) is 7.27. The number of aryl methyl sites for hydroxylation is 1. The third-order valence-electron chi connectivity index (χ3n) is 1.45. The molecule has 0 aromatic carbocycles. The monoisotopic (exact) mass is 180 g/mol. The molecule has 64 valence electrons. The standard InChI is InChI=1S/C9H12N2S/c1-3-6-12-9-5-4-8(10)7(2)11-9/h3-5H,1,6,10H2,2H3. The van der Waals surface area contributed by atoms with Gasteiger partial charge in [-0.25, -0.2) is 4.98 Å². The van der Waals surface area contributed by atoms with Crippen molar-refractivity contribution in [2.24, 2.45) is 0 Å². The van der Waals surface area contributed by atoms with Crippen LogP contribution in [0.5, 0.6) is 0 Å². The van der Waals surface area contributed by atoms with Crippen LogP contribution in [0.25, 0.3) is 0 Å². The van der Waals surface area contributed by atoms with Gasteiger partial charge >= 0.3 is 0 Å². The zero-order valence-corrected chi connectivity index (χ0v) is 7.90. The molecule has 12 heavy (non-hydrogen) atoms. The van der Waals surface area contributed by atoms with Gasteiger partial charge in [0.25, 0.3) is 0 Å². The van der Waals surface area contributed by atoms with Gasteiger partial charge in [-0.1, -0.05) is 6.08 Å². The summed E-state index contributed by atoms with van der Waals surface area (Å²) in [6, 6.07) is 3.81. The highest BCUT2D eigenvalue weighted by atomic mass is 32.2. The van der Waals surface area contributed by atoms with E-state index in [0.717, 1.165) is 22.2 Å². The minimum atomic E-state index is 0.748. The third-order valence-corrected chi connectivity index (χ3v) is 2.38. The fourth-order valence-electron chi connectivity index (χ4n) is 0.773. The highest BCUT2D eigenvalue weighted by Gasteiger charge is 1.97. The molecule has 1 aromatic rings. The molecule has 0 aliphatic heterocycles. The number of pyridine rings is 1. The second kappa shape index (κ2) is 4.16. The van der Waals surface area contributed by atoms with Gasteiger partial charge in [0.15, 0.2) is 0 Å². The van der Waals surface area contributed by atoms with E-state index in [9.17, 15) is 0 Å². The number of nitrogens with two attached hydrogens (primary N) is 1. The minimum absolute atomic E-state index is 0.748. The molecule has 0 saturated heterocycles. The molecule has 0 bridgehead atoms. The second-order valence-corrected chi connectivity index (χ2v) is 3.46. The average molecular weight is 180 g/mol. The predicted molar refractivity (Wildman–Crippen MR) is 54.3 cm³/mol. The normalized spacial score (nSPS) is 9.75.